The van der Waals surface area contributed by atoms with Crippen LogP contribution in [-0.2, 0) is 14.3 Å². The number of nitrogens with zero attached hydrogens (tertiary/aromatic N) is 2. The Balaban J connectivity index is 2.18. The lowest BCUT2D eigenvalue weighted by atomic mass is 9.71. The summed E-state index contributed by atoms with van der Waals surface area (Å²) in [5.74, 6) is 0. The summed E-state index contributed by atoms with van der Waals surface area (Å²) in [5.41, 5.74) is -1.22. The molecule has 2 fully saturated rings. The van der Waals surface area contributed by atoms with Crippen molar-refractivity contribution < 1.29 is 19.1 Å². The van der Waals surface area contributed by atoms with Crippen LogP contribution in [0.3, 0.4) is 0 Å². The number of carbonyl (C=O) groups excluding carboxylic acids is 2. The minimum atomic E-state index is -0.660. The number of rotatable bonds is 2. The molecule has 2 aliphatic rings. The van der Waals surface area contributed by atoms with Gasteiger partial charge in [0.15, 0.2) is 0 Å². The monoisotopic (exact) mass is 294 g/mol. The lowest BCUT2D eigenvalue weighted by Crippen LogP contribution is -2.62. The highest BCUT2D eigenvalue weighted by molar-refractivity contribution is 5.70. The number of amides is 1. The maximum atomic E-state index is 12.4. The molecule has 116 valence electrons. The molecule has 0 spiro atoms. The average molecular weight is 294 g/mol. The van der Waals surface area contributed by atoms with Gasteiger partial charge in [-0.25, -0.2) is 4.79 Å². The van der Waals surface area contributed by atoms with E-state index in [2.05, 4.69) is 6.07 Å². The number of nitriles is 1. The summed E-state index contributed by atoms with van der Waals surface area (Å²) in [7, 11) is 0. The lowest BCUT2D eigenvalue weighted by Gasteiger charge is -2.50. The molecule has 0 saturated carbocycles. The molecule has 2 rings (SSSR count). The van der Waals surface area contributed by atoms with Crippen molar-refractivity contribution in [3.8, 4) is 6.07 Å². The van der Waals surface area contributed by atoms with Crippen LogP contribution in [0.2, 0.25) is 0 Å². The van der Waals surface area contributed by atoms with Gasteiger partial charge >= 0.3 is 6.09 Å². The SMILES string of the molecule is CC(C)(C)OC(=O)N1[C@@H]2COC[C@H]1C[C@](C=O)(CC#N)C2. The van der Waals surface area contributed by atoms with Gasteiger partial charge in [-0.05, 0) is 33.6 Å². The van der Waals surface area contributed by atoms with Crippen LogP contribution in [0.5, 0.6) is 0 Å². The van der Waals surface area contributed by atoms with Gasteiger partial charge in [0.05, 0.1) is 31.4 Å². The molecular formula is C15H22N2O4. The fourth-order valence-corrected chi connectivity index (χ4v) is 3.19. The number of morpholine rings is 1. The number of aldehydes is 1. The molecule has 0 aromatic heterocycles. The fourth-order valence-electron chi connectivity index (χ4n) is 3.19. The smallest absolute Gasteiger partial charge is 0.410 e. The summed E-state index contributed by atoms with van der Waals surface area (Å²) in [6, 6.07) is 1.69. The lowest BCUT2D eigenvalue weighted by molar-refractivity contribution is -0.134. The number of ether oxygens (including phenoxy) is 2. The Morgan fingerprint density at radius 3 is 2.43 bits per heavy atom. The van der Waals surface area contributed by atoms with Crippen molar-refractivity contribution in [3.63, 3.8) is 0 Å². The summed E-state index contributed by atoms with van der Waals surface area (Å²) in [6.07, 6.45) is 1.62. The van der Waals surface area contributed by atoms with Gasteiger partial charge in [-0.1, -0.05) is 0 Å². The summed E-state index contributed by atoms with van der Waals surface area (Å²) in [5, 5.41) is 8.96. The first-order chi connectivity index (χ1) is 9.80. The van der Waals surface area contributed by atoms with Crippen LogP contribution in [0.4, 0.5) is 4.79 Å². The van der Waals surface area contributed by atoms with E-state index in [-0.39, 0.29) is 24.6 Å². The van der Waals surface area contributed by atoms with Crippen LogP contribution in [0.15, 0.2) is 0 Å². The Morgan fingerprint density at radius 2 is 2.00 bits per heavy atom. The van der Waals surface area contributed by atoms with E-state index in [0.29, 0.717) is 26.1 Å². The second-order valence-electron chi connectivity index (χ2n) is 6.96. The molecule has 2 aliphatic heterocycles. The molecular weight excluding hydrogens is 272 g/mol. The highest BCUT2D eigenvalue weighted by Gasteiger charge is 2.49. The number of fused-ring (bicyclic) bond motifs is 2. The van der Waals surface area contributed by atoms with Gasteiger partial charge in [0.25, 0.3) is 0 Å². The van der Waals surface area contributed by atoms with E-state index in [1.807, 2.05) is 20.8 Å². The fraction of sp³-hybridized carbons (Fsp3) is 0.800. The number of piperidine rings is 1. The molecule has 0 N–H and O–H groups in total. The topological polar surface area (TPSA) is 79.6 Å². The Bertz CT molecular complexity index is 449. The van der Waals surface area contributed by atoms with E-state index in [1.54, 1.807) is 4.90 Å². The third-order valence-corrected chi connectivity index (χ3v) is 3.98. The van der Waals surface area contributed by atoms with Crippen LogP contribution in [-0.4, -0.2) is 48.2 Å². The van der Waals surface area contributed by atoms with Gasteiger partial charge in [0.2, 0.25) is 0 Å². The van der Waals surface area contributed by atoms with E-state index in [1.165, 1.54) is 0 Å². The van der Waals surface area contributed by atoms with Gasteiger partial charge in [0, 0.05) is 11.8 Å². The molecule has 0 unspecified atom stereocenters. The van der Waals surface area contributed by atoms with Crippen LogP contribution in [0.25, 0.3) is 0 Å². The van der Waals surface area contributed by atoms with Crippen molar-refractivity contribution in [2.75, 3.05) is 13.2 Å². The average Bonchev–Trinajstić information content (AvgIpc) is 2.35. The van der Waals surface area contributed by atoms with E-state index in [4.69, 9.17) is 14.7 Å². The molecule has 1 amide bonds. The first-order valence-corrected chi connectivity index (χ1v) is 7.22. The van der Waals surface area contributed by atoms with Crippen molar-refractivity contribution in [1.82, 2.24) is 4.90 Å². The predicted molar refractivity (Wildman–Crippen MR) is 74.4 cm³/mol. The van der Waals surface area contributed by atoms with Crippen molar-refractivity contribution in [2.24, 2.45) is 5.41 Å². The molecule has 2 heterocycles. The molecule has 0 aromatic carbocycles. The maximum Gasteiger partial charge on any atom is 0.410 e. The van der Waals surface area contributed by atoms with Crippen LogP contribution < -0.4 is 0 Å². The van der Waals surface area contributed by atoms with Gasteiger partial charge < -0.3 is 14.3 Å². The van der Waals surface area contributed by atoms with Crippen molar-refractivity contribution in [2.45, 2.75) is 57.7 Å². The summed E-state index contributed by atoms with van der Waals surface area (Å²) in [6.45, 7) is 6.25. The van der Waals surface area contributed by atoms with Gasteiger partial charge in [0.1, 0.15) is 11.9 Å². The molecule has 0 aromatic rings. The normalized spacial score (nSPS) is 32.2. The predicted octanol–water partition coefficient (Wildman–Crippen LogP) is 1.88. The Morgan fingerprint density at radius 1 is 1.43 bits per heavy atom. The number of hydrogen-bond acceptors (Lipinski definition) is 5. The van der Waals surface area contributed by atoms with Crippen molar-refractivity contribution in [3.05, 3.63) is 0 Å². The molecule has 2 saturated heterocycles. The highest BCUT2D eigenvalue weighted by Crippen LogP contribution is 2.41. The van der Waals surface area contributed by atoms with E-state index in [9.17, 15) is 9.59 Å². The molecule has 21 heavy (non-hydrogen) atoms. The Kier molecular flexibility index (Phi) is 4.24. The summed E-state index contributed by atoms with van der Waals surface area (Å²) < 4.78 is 11.0. The van der Waals surface area contributed by atoms with E-state index >= 15 is 0 Å². The molecule has 0 aliphatic carbocycles. The van der Waals surface area contributed by atoms with Crippen LogP contribution >= 0.6 is 0 Å². The van der Waals surface area contributed by atoms with Crippen molar-refractivity contribution >= 4 is 12.4 Å². The maximum absolute atomic E-state index is 12.4. The summed E-state index contributed by atoms with van der Waals surface area (Å²) in [4.78, 5) is 25.6. The van der Waals surface area contributed by atoms with Gasteiger partial charge in [-0.2, -0.15) is 5.26 Å². The number of hydrogen-bond donors (Lipinski definition) is 0. The second kappa shape index (κ2) is 5.64. The van der Waals surface area contributed by atoms with Crippen LogP contribution in [0.1, 0.15) is 40.0 Å². The quantitative estimate of drug-likeness (QED) is 0.726. The first-order valence-electron chi connectivity index (χ1n) is 7.22. The van der Waals surface area contributed by atoms with E-state index in [0.717, 1.165) is 6.29 Å². The molecule has 3 atom stereocenters. The van der Waals surface area contributed by atoms with Gasteiger partial charge in [-0.15, -0.1) is 0 Å². The highest BCUT2D eigenvalue weighted by atomic mass is 16.6. The molecule has 6 nitrogen and oxygen atoms in total. The standard InChI is InChI=1S/C15H22N2O4/c1-14(2,3)21-13(19)17-11-6-15(10-18,4-5-16)7-12(17)9-20-8-11/h10-12H,4,6-9H2,1-3H3/t11-,12+,15-. The zero-order valence-electron chi connectivity index (χ0n) is 12.8. The first kappa shape index (κ1) is 15.8. The Labute approximate surface area is 125 Å². The third-order valence-electron chi connectivity index (χ3n) is 3.98. The molecule has 6 heteroatoms. The number of carbonyl (C=O) groups is 2. The zero-order valence-corrected chi connectivity index (χ0v) is 12.8. The van der Waals surface area contributed by atoms with Crippen molar-refractivity contribution in [1.29, 1.82) is 5.26 Å². The summed E-state index contributed by atoms with van der Waals surface area (Å²) >= 11 is 0. The largest absolute Gasteiger partial charge is 0.444 e. The second-order valence-corrected chi connectivity index (χ2v) is 6.96. The van der Waals surface area contributed by atoms with Crippen LogP contribution in [0, 0.1) is 16.7 Å². The van der Waals surface area contributed by atoms with Gasteiger partial charge in [-0.3, -0.25) is 4.90 Å². The minimum absolute atomic E-state index is 0.186. The zero-order chi connectivity index (χ0) is 15.7. The van der Waals surface area contributed by atoms with E-state index < -0.39 is 11.0 Å². The third kappa shape index (κ3) is 3.35. The molecule has 2 bridgehead atoms. The Hall–Kier alpha value is -1.61. The molecule has 0 radical (unpaired) electrons. The minimum Gasteiger partial charge on any atom is -0.444 e.